The first kappa shape index (κ1) is 16.1. The maximum absolute atomic E-state index is 12.4. The molecule has 2 aromatic rings. The van der Waals surface area contributed by atoms with Crippen molar-refractivity contribution in [2.75, 3.05) is 19.5 Å². The molecule has 0 aromatic heterocycles. The van der Waals surface area contributed by atoms with Crippen LogP contribution >= 0.6 is 11.6 Å². The van der Waals surface area contributed by atoms with Crippen molar-refractivity contribution in [3.8, 4) is 5.75 Å². The number of esters is 1. The Bertz CT molecular complexity index is 873. The normalized spacial score (nSPS) is 14.7. The second-order valence-electron chi connectivity index (χ2n) is 5.13. The number of amides is 1. The van der Waals surface area contributed by atoms with Gasteiger partial charge in [0.25, 0.3) is 5.91 Å². The topological polar surface area (TPSA) is 64.6 Å². The van der Waals surface area contributed by atoms with Crippen molar-refractivity contribution in [2.24, 2.45) is 0 Å². The summed E-state index contributed by atoms with van der Waals surface area (Å²) in [6.07, 6.45) is 0. The number of hydrogen-bond donors (Lipinski definition) is 1. The predicted molar refractivity (Wildman–Crippen MR) is 92.1 cm³/mol. The van der Waals surface area contributed by atoms with Crippen LogP contribution in [0.25, 0.3) is 10.6 Å². The molecule has 1 aliphatic rings. The molecule has 0 unspecified atom stereocenters. The van der Waals surface area contributed by atoms with Gasteiger partial charge >= 0.3 is 5.97 Å². The molecule has 0 saturated carbocycles. The Morgan fingerprint density at radius 3 is 2.58 bits per heavy atom. The van der Waals surface area contributed by atoms with Gasteiger partial charge in [-0.2, -0.15) is 0 Å². The third-order valence-electron chi connectivity index (χ3n) is 3.73. The van der Waals surface area contributed by atoms with Gasteiger partial charge in [0.05, 0.1) is 30.4 Å². The maximum atomic E-state index is 12.4. The minimum atomic E-state index is -0.478. The summed E-state index contributed by atoms with van der Waals surface area (Å²) < 4.78 is 9.91. The van der Waals surface area contributed by atoms with Gasteiger partial charge in [-0.3, -0.25) is 4.79 Å². The van der Waals surface area contributed by atoms with Crippen molar-refractivity contribution in [1.82, 2.24) is 0 Å². The molecule has 122 valence electrons. The maximum Gasteiger partial charge on any atom is 0.337 e. The summed E-state index contributed by atoms with van der Waals surface area (Å²) >= 11 is 6.48. The molecule has 5 nitrogen and oxygen atoms in total. The number of anilines is 1. The number of hydrogen-bond acceptors (Lipinski definition) is 4. The smallest absolute Gasteiger partial charge is 0.337 e. The lowest BCUT2D eigenvalue weighted by molar-refractivity contribution is -0.110. The number of nitrogens with one attached hydrogen (secondary N) is 1. The zero-order valence-electron chi connectivity index (χ0n) is 13.1. The monoisotopic (exact) mass is 343 g/mol. The molecule has 0 bridgehead atoms. The molecule has 6 heteroatoms. The zero-order valence-corrected chi connectivity index (χ0v) is 13.8. The number of carbonyl (C=O) groups excluding carboxylic acids is 2. The van der Waals surface area contributed by atoms with Crippen LogP contribution < -0.4 is 10.1 Å². The Morgan fingerprint density at radius 1 is 1.08 bits per heavy atom. The van der Waals surface area contributed by atoms with E-state index in [9.17, 15) is 9.59 Å². The highest BCUT2D eigenvalue weighted by atomic mass is 35.5. The van der Waals surface area contributed by atoms with Crippen LogP contribution in [0.15, 0.2) is 42.5 Å². The van der Waals surface area contributed by atoms with Crippen LogP contribution in [0.4, 0.5) is 5.69 Å². The summed E-state index contributed by atoms with van der Waals surface area (Å²) in [6, 6.07) is 11.9. The first-order valence-corrected chi connectivity index (χ1v) is 7.51. The molecule has 2 aromatic carbocycles. The van der Waals surface area contributed by atoms with Gasteiger partial charge < -0.3 is 14.8 Å². The molecule has 0 aliphatic carbocycles. The summed E-state index contributed by atoms with van der Waals surface area (Å²) in [4.78, 5) is 24.1. The highest BCUT2D eigenvalue weighted by Crippen LogP contribution is 2.39. The van der Waals surface area contributed by atoms with Crippen LogP contribution in [0, 0.1) is 0 Å². The fourth-order valence-electron chi connectivity index (χ4n) is 2.53. The number of benzene rings is 2. The van der Waals surface area contributed by atoms with Gasteiger partial charge in [-0.1, -0.05) is 23.7 Å². The molecule has 1 aliphatic heterocycles. The molecule has 0 fully saturated rings. The van der Waals surface area contributed by atoms with Crippen molar-refractivity contribution < 1.29 is 19.1 Å². The summed E-state index contributed by atoms with van der Waals surface area (Å²) in [5, 5.41) is 3.03. The summed E-state index contributed by atoms with van der Waals surface area (Å²) in [5.74, 6) is -0.165. The lowest BCUT2D eigenvalue weighted by Gasteiger charge is -2.07. The molecule has 0 atom stereocenters. The summed E-state index contributed by atoms with van der Waals surface area (Å²) in [6.45, 7) is 0. The van der Waals surface area contributed by atoms with Crippen LogP contribution in [0.3, 0.4) is 0 Å². The van der Waals surface area contributed by atoms with E-state index in [1.807, 2.05) is 0 Å². The molecule has 0 radical (unpaired) electrons. The Morgan fingerprint density at radius 2 is 1.88 bits per heavy atom. The fourth-order valence-corrected chi connectivity index (χ4v) is 2.84. The Hall–Kier alpha value is -2.79. The lowest BCUT2D eigenvalue weighted by Crippen LogP contribution is -2.04. The van der Waals surface area contributed by atoms with Crippen molar-refractivity contribution in [2.45, 2.75) is 0 Å². The number of ether oxygens (including phenoxy) is 2. The highest BCUT2D eigenvalue weighted by Gasteiger charge is 2.28. The van der Waals surface area contributed by atoms with Gasteiger partial charge in [-0.05, 0) is 35.9 Å². The molecule has 1 amide bonds. The zero-order chi connectivity index (χ0) is 17.3. The van der Waals surface area contributed by atoms with Gasteiger partial charge in [0.1, 0.15) is 5.75 Å². The van der Waals surface area contributed by atoms with E-state index < -0.39 is 5.97 Å². The third-order valence-corrected chi connectivity index (χ3v) is 4.14. The number of halogens is 1. The van der Waals surface area contributed by atoms with E-state index >= 15 is 0 Å². The molecule has 0 spiro atoms. The molecule has 0 saturated heterocycles. The van der Waals surface area contributed by atoms with E-state index in [4.69, 9.17) is 21.1 Å². The highest BCUT2D eigenvalue weighted by molar-refractivity contribution is 6.59. The number of fused-ring (bicyclic) bond motifs is 1. The largest absolute Gasteiger partial charge is 0.497 e. The van der Waals surface area contributed by atoms with Crippen molar-refractivity contribution in [3.05, 3.63) is 59.2 Å². The van der Waals surface area contributed by atoms with Gasteiger partial charge in [-0.25, -0.2) is 4.79 Å². The minimum absolute atomic E-state index is 0.284. The third kappa shape index (κ3) is 2.74. The number of carbonyl (C=O) groups is 2. The molecule has 1 N–H and O–H groups in total. The van der Waals surface area contributed by atoms with Crippen LogP contribution in [0.1, 0.15) is 21.5 Å². The quantitative estimate of drug-likeness (QED) is 0.684. The van der Waals surface area contributed by atoms with Crippen molar-refractivity contribution in [3.63, 3.8) is 0 Å². The van der Waals surface area contributed by atoms with E-state index in [-0.39, 0.29) is 10.9 Å². The lowest BCUT2D eigenvalue weighted by atomic mass is 10.0. The van der Waals surface area contributed by atoms with Gasteiger partial charge in [0.2, 0.25) is 0 Å². The van der Waals surface area contributed by atoms with E-state index in [0.717, 1.165) is 0 Å². The second-order valence-corrected chi connectivity index (χ2v) is 5.50. The van der Waals surface area contributed by atoms with Gasteiger partial charge in [0.15, 0.2) is 0 Å². The Labute approximate surface area is 143 Å². The average Bonchev–Trinajstić information content (AvgIpc) is 2.95. The van der Waals surface area contributed by atoms with Gasteiger partial charge in [-0.15, -0.1) is 0 Å². The molecule has 3 rings (SSSR count). The minimum Gasteiger partial charge on any atom is -0.497 e. The molecular formula is C18H14ClNO4. The van der Waals surface area contributed by atoms with E-state index in [1.165, 1.54) is 7.11 Å². The predicted octanol–water partition coefficient (Wildman–Crippen LogP) is 3.54. The van der Waals surface area contributed by atoms with Crippen LogP contribution in [0.2, 0.25) is 0 Å². The first-order chi connectivity index (χ1) is 11.5. The van der Waals surface area contributed by atoms with Crippen LogP contribution in [0.5, 0.6) is 5.75 Å². The fraction of sp³-hybridized carbons (Fsp3) is 0.111. The second kappa shape index (κ2) is 6.37. The Kier molecular flexibility index (Phi) is 4.27. The SMILES string of the molecule is COC(=O)c1ccc2c(c1)/C(=C(/Cl)c1cccc(OC)c1)C(=O)N2. The van der Waals surface area contributed by atoms with E-state index in [0.29, 0.717) is 33.7 Å². The van der Waals surface area contributed by atoms with E-state index in [1.54, 1.807) is 49.6 Å². The standard InChI is InChI=1S/C18H14ClNO4/c1-23-12-5-3-4-10(8-12)16(19)15-13-9-11(18(22)24-2)6-7-14(13)20-17(15)21/h3-9H,1-2H3,(H,20,21)/b16-15-. The van der Waals surface area contributed by atoms with Crippen LogP contribution in [-0.4, -0.2) is 26.1 Å². The van der Waals surface area contributed by atoms with E-state index in [2.05, 4.69) is 5.32 Å². The summed E-state index contributed by atoms with van der Waals surface area (Å²) in [5.41, 5.74) is 2.47. The first-order valence-electron chi connectivity index (χ1n) is 7.13. The average molecular weight is 344 g/mol. The van der Waals surface area contributed by atoms with Crippen molar-refractivity contribution >= 4 is 39.8 Å². The molecule has 24 heavy (non-hydrogen) atoms. The van der Waals surface area contributed by atoms with Crippen LogP contribution in [-0.2, 0) is 9.53 Å². The van der Waals surface area contributed by atoms with Crippen molar-refractivity contribution in [1.29, 1.82) is 0 Å². The van der Waals surface area contributed by atoms with Gasteiger partial charge in [0, 0.05) is 11.3 Å². The summed E-state index contributed by atoms with van der Waals surface area (Å²) in [7, 11) is 2.86. The number of rotatable bonds is 3. The Balaban J connectivity index is 2.15. The number of methoxy groups -OCH3 is 2. The molecular weight excluding hydrogens is 330 g/mol. The molecule has 1 heterocycles.